The number of ether oxygens (including phenoxy) is 3. The second kappa shape index (κ2) is 7.66. The van der Waals surface area contributed by atoms with Crippen LogP contribution in [0.5, 0.6) is 11.5 Å². The number of piperidine rings is 1. The van der Waals surface area contributed by atoms with Gasteiger partial charge >= 0.3 is 5.97 Å². The van der Waals surface area contributed by atoms with E-state index in [4.69, 9.17) is 18.6 Å². The number of para-hydroxylation sites is 4. The highest BCUT2D eigenvalue weighted by Gasteiger charge is 2.30. The number of fused-ring (bicyclic) bond motifs is 2. The molecule has 0 radical (unpaired) electrons. The lowest BCUT2D eigenvalue weighted by Gasteiger charge is -2.30. The van der Waals surface area contributed by atoms with E-state index in [1.165, 1.54) is 0 Å². The molecule has 3 aromatic rings. The van der Waals surface area contributed by atoms with Gasteiger partial charge in [-0.3, -0.25) is 4.79 Å². The van der Waals surface area contributed by atoms with E-state index in [-0.39, 0.29) is 24.6 Å². The van der Waals surface area contributed by atoms with E-state index >= 15 is 0 Å². The van der Waals surface area contributed by atoms with Gasteiger partial charge in [-0.15, -0.1) is 0 Å². The van der Waals surface area contributed by atoms with Crippen molar-refractivity contribution in [2.45, 2.75) is 18.9 Å². The molecule has 7 heteroatoms. The topological polar surface area (TPSA) is 74.0 Å². The Balaban J connectivity index is 1.12. The Bertz CT molecular complexity index is 976. The van der Waals surface area contributed by atoms with Crippen LogP contribution in [0.4, 0.5) is 6.01 Å². The van der Waals surface area contributed by atoms with Crippen molar-refractivity contribution >= 4 is 23.1 Å². The van der Waals surface area contributed by atoms with Crippen molar-refractivity contribution in [3.8, 4) is 11.5 Å². The molecule has 2 aliphatic rings. The second-order valence-corrected chi connectivity index (χ2v) is 7.35. The zero-order chi connectivity index (χ0) is 19.6. The Labute approximate surface area is 168 Å². The summed E-state index contributed by atoms with van der Waals surface area (Å²) in [6.07, 6.45) is 1.14. The number of benzene rings is 2. The number of carbonyl (C=O) groups is 1. The lowest BCUT2D eigenvalue weighted by Crippen LogP contribution is -2.39. The van der Waals surface area contributed by atoms with Crippen molar-refractivity contribution < 1.29 is 23.4 Å². The van der Waals surface area contributed by atoms with Crippen LogP contribution in [0.3, 0.4) is 0 Å². The molecule has 5 rings (SSSR count). The molecule has 2 aromatic carbocycles. The smallest absolute Gasteiger partial charge is 0.309 e. The molecule has 0 spiro atoms. The molecular weight excluding hydrogens is 372 g/mol. The molecule has 29 heavy (non-hydrogen) atoms. The number of anilines is 1. The van der Waals surface area contributed by atoms with Crippen LogP contribution >= 0.6 is 0 Å². The van der Waals surface area contributed by atoms with Crippen LogP contribution in [0.25, 0.3) is 11.1 Å². The number of aromatic nitrogens is 1. The van der Waals surface area contributed by atoms with Crippen molar-refractivity contribution in [1.29, 1.82) is 0 Å². The third kappa shape index (κ3) is 3.72. The zero-order valence-electron chi connectivity index (χ0n) is 16.0. The fourth-order valence-electron chi connectivity index (χ4n) is 3.74. The lowest BCUT2D eigenvalue weighted by molar-refractivity contribution is -0.152. The van der Waals surface area contributed by atoms with Crippen molar-refractivity contribution in [2.75, 3.05) is 31.2 Å². The quantitative estimate of drug-likeness (QED) is 0.628. The monoisotopic (exact) mass is 394 g/mol. The zero-order valence-corrected chi connectivity index (χ0v) is 16.0. The summed E-state index contributed by atoms with van der Waals surface area (Å²) >= 11 is 0. The molecule has 0 saturated carbocycles. The molecule has 0 aliphatic carbocycles. The molecule has 7 nitrogen and oxygen atoms in total. The molecule has 0 amide bonds. The van der Waals surface area contributed by atoms with E-state index in [1.54, 1.807) is 0 Å². The molecule has 1 saturated heterocycles. The average Bonchev–Trinajstić information content (AvgIpc) is 3.22. The fourth-order valence-corrected chi connectivity index (χ4v) is 3.74. The molecule has 1 aromatic heterocycles. The maximum atomic E-state index is 12.5. The molecule has 1 atom stereocenters. The SMILES string of the molecule is O=C(OCC1COc2ccccc2O1)C1CCN(c2nc3ccccc3o2)CC1. The first kappa shape index (κ1) is 17.8. The largest absolute Gasteiger partial charge is 0.486 e. The fraction of sp³-hybridized carbons (Fsp3) is 0.364. The van der Waals surface area contributed by atoms with Crippen LogP contribution in [0.2, 0.25) is 0 Å². The van der Waals surface area contributed by atoms with Gasteiger partial charge in [-0.2, -0.15) is 4.98 Å². The average molecular weight is 394 g/mol. The summed E-state index contributed by atoms with van der Waals surface area (Å²) in [4.78, 5) is 19.1. The summed E-state index contributed by atoms with van der Waals surface area (Å²) in [7, 11) is 0. The maximum Gasteiger partial charge on any atom is 0.309 e. The van der Waals surface area contributed by atoms with Crippen LogP contribution in [0.15, 0.2) is 52.9 Å². The summed E-state index contributed by atoms with van der Waals surface area (Å²) in [6.45, 7) is 1.99. The van der Waals surface area contributed by atoms with E-state index in [9.17, 15) is 4.79 Å². The maximum absolute atomic E-state index is 12.5. The Kier molecular flexibility index (Phi) is 4.71. The van der Waals surface area contributed by atoms with Gasteiger partial charge in [-0.25, -0.2) is 0 Å². The van der Waals surface area contributed by atoms with Crippen molar-refractivity contribution in [3.63, 3.8) is 0 Å². The Morgan fingerprint density at radius 1 is 1.07 bits per heavy atom. The summed E-state index contributed by atoms with van der Waals surface area (Å²) < 4.78 is 22.9. The first-order valence-electron chi connectivity index (χ1n) is 9.92. The molecule has 3 heterocycles. The van der Waals surface area contributed by atoms with Crippen molar-refractivity contribution in [1.82, 2.24) is 4.98 Å². The molecule has 150 valence electrons. The summed E-state index contributed by atoms with van der Waals surface area (Å²) in [6, 6.07) is 15.8. The molecule has 2 aliphatic heterocycles. The van der Waals surface area contributed by atoms with Gasteiger partial charge in [-0.05, 0) is 37.1 Å². The number of esters is 1. The number of hydrogen-bond donors (Lipinski definition) is 0. The van der Waals surface area contributed by atoms with E-state index in [2.05, 4.69) is 9.88 Å². The minimum Gasteiger partial charge on any atom is -0.486 e. The van der Waals surface area contributed by atoms with Gasteiger partial charge in [-0.1, -0.05) is 24.3 Å². The highest BCUT2D eigenvalue weighted by molar-refractivity contribution is 5.75. The van der Waals surface area contributed by atoms with E-state index < -0.39 is 0 Å². The van der Waals surface area contributed by atoms with Crippen LogP contribution < -0.4 is 14.4 Å². The molecule has 1 fully saturated rings. The number of hydrogen-bond acceptors (Lipinski definition) is 7. The summed E-state index contributed by atoms with van der Waals surface area (Å²) in [5, 5.41) is 0. The van der Waals surface area contributed by atoms with Gasteiger partial charge < -0.3 is 23.5 Å². The van der Waals surface area contributed by atoms with Crippen LogP contribution in [0, 0.1) is 5.92 Å². The van der Waals surface area contributed by atoms with Crippen LogP contribution in [0.1, 0.15) is 12.8 Å². The minimum atomic E-state index is -0.284. The van der Waals surface area contributed by atoms with Crippen LogP contribution in [-0.2, 0) is 9.53 Å². The molecule has 0 N–H and O–H groups in total. The molecule has 1 unspecified atom stereocenters. The van der Waals surface area contributed by atoms with Gasteiger partial charge in [0, 0.05) is 13.1 Å². The Morgan fingerprint density at radius 3 is 2.66 bits per heavy atom. The first-order chi connectivity index (χ1) is 14.3. The minimum absolute atomic E-state index is 0.118. The standard InChI is InChI=1S/C22H22N2O5/c25-21(27-14-16-13-26-19-7-3-4-8-20(19)28-16)15-9-11-24(12-10-15)22-23-17-5-1-2-6-18(17)29-22/h1-8,15-16H,9-14H2. The highest BCUT2D eigenvalue weighted by atomic mass is 16.6. The van der Waals surface area contributed by atoms with E-state index in [0.29, 0.717) is 44.3 Å². The van der Waals surface area contributed by atoms with Crippen molar-refractivity contribution in [3.05, 3.63) is 48.5 Å². The van der Waals surface area contributed by atoms with Gasteiger partial charge in [0.05, 0.1) is 5.92 Å². The highest BCUT2D eigenvalue weighted by Crippen LogP contribution is 2.31. The van der Waals surface area contributed by atoms with E-state index in [1.807, 2.05) is 48.5 Å². The number of nitrogens with zero attached hydrogens (tertiary/aromatic N) is 2. The third-order valence-corrected chi connectivity index (χ3v) is 5.36. The lowest BCUT2D eigenvalue weighted by atomic mass is 9.97. The normalized spacial score (nSPS) is 19.3. The van der Waals surface area contributed by atoms with Crippen molar-refractivity contribution in [2.24, 2.45) is 5.92 Å². The van der Waals surface area contributed by atoms with E-state index in [0.717, 1.165) is 16.8 Å². The third-order valence-electron chi connectivity index (χ3n) is 5.36. The molecule has 0 bridgehead atoms. The predicted octanol–water partition coefficient (Wildman–Crippen LogP) is 3.43. The number of oxazole rings is 1. The Hall–Kier alpha value is -3.22. The number of rotatable bonds is 4. The first-order valence-corrected chi connectivity index (χ1v) is 9.92. The van der Waals surface area contributed by atoms with Gasteiger partial charge in [0.1, 0.15) is 18.7 Å². The summed E-state index contributed by atoms with van der Waals surface area (Å²) in [5.41, 5.74) is 1.63. The second-order valence-electron chi connectivity index (χ2n) is 7.35. The summed E-state index contributed by atoms with van der Waals surface area (Å²) in [5.74, 6) is 1.12. The number of carbonyl (C=O) groups excluding carboxylic acids is 1. The Morgan fingerprint density at radius 2 is 1.83 bits per heavy atom. The molecular formula is C22H22N2O5. The predicted molar refractivity (Wildman–Crippen MR) is 106 cm³/mol. The van der Waals surface area contributed by atoms with Crippen LogP contribution in [-0.4, -0.2) is 43.4 Å². The van der Waals surface area contributed by atoms with Gasteiger partial charge in [0.2, 0.25) is 0 Å². The van der Waals surface area contributed by atoms with Gasteiger partial charge in [0.25, 0.3) is 6.01 Å². The van der Waals surface area contributed by atoms with Gasteiger partial charge in [0.15, 0.2) is 23.2 Å².